The van der Waals surface area contributed by atoms with Crippen molar-refractivity contribution in [2.45, 2.75) is 25.8 Å². The van der Waals surface area contributed by atoms with E-state index in [2.05, 4.69) is 0 Å². The number of hydrogen-bond donors (Lipinski definition) is 1. The fourth-order valence-electron chi connectivity index (χ4n) is 3.11. The van der Waals surface area contributed by atoms with Crippen LogP contribution < -0.4 is 19.9 Å². The summed E-state index contributed by atoms with van der Waals surface area (Å²) in [6, 6.07) is 3.36. The second kappa shape index (κ2) is 11.0. The Morgan fingerprint density at radius 3 is 2.07 bits per heavy atom. The molecule has 1 aliphatic rings. The van der Waals surface area contributed by atoms with Gasteiger partial charge in [0.25, 0.3) is 5.91 Å². The Bertz CT molecular complexity index is 676. The van der Waals surface area contributed by atoms with Crippen molar-refractivity contribution < 1.29 is 23.8 Å². The number of piperazine rings is 1. The number of nitrogens with zero attached hydrogens (tertiary/aromatic N) is 2. The number of rotatable bonds is 7. The van der Waals surface area contributed by atoms with Crippen LogP contribution in [0.25, 0.3) is 0 Å². The SMILES string of the molecule is COc1ccc(C(=O)N2CCN(C(=O)CCC(C)N)CC2)c(OC)c1OC.Cl. The van der Waals surface area contributed by atoms with Gasteiger partial charge in [0.15, 0.2) is 11.5 Å². The highest BCUT2D eigenvalue weighted by molar-refractivity contribution is 5.98. The number of hydrogen-bond acceptors (Lipinski definition) is 6. The predicted molar refractivity (Wildman–Crippen MR) is 109 cm³/mol. The highest BCUT2D eigenvalue weighted by atomic mass is 35.5. The molecule has 9 heteroatoms. The van der Waals surface area contributed by atoms with Gasteiger partial charge >= 0.3 is 0 Å². The van der Waals surface area contributed by atoms with Crippen molar-refractivity contribution in [3.8, 4) is 17.2 Å². The van der Waals surface area contributed by atoms with E-state index < -0.39 is 0 Å². The van der Waals surface area contributed by atoms with E-state index in [1.54, 1.807) is 21.9 Å². The highest BCUT2D eigenvalue weighted by Crippen LogP contribution is 2.40. The van der Waals surface area contributed by atoms with Crippen LogP contribution in [-0.2, 0) is 4.79 Å². The maximum atomic E-state index is 13.0. The first-order valence-electron chi connectivity index (χ1n) is 9.04. The fourth-order valence-corrected chi connectivity index (χ4v) is 3.11. The van der Waals surface area contributed by atoms with Gasteiger partial charge in [0.1, 0.15) is 0 Å². The minimum absolute atomic E-state index is 0. The van der Waals surface area contributed by atoms with Gasteiger partial charge in [-0.05, 0) is 25.5 Å². The molecule has 1 fully saturated rings. The quantitative estimate of drug-likeness (QED) is 0.726. The molecule has 2 rings (SSSR count). The van der Waals surface area contributed by atoms with Gasteiger partial charge in [-0.3, -0.25) is 9.59 Å². The van der Waals surface area contributed by atoms with E-state index in [-0.39, 0.29) is 30.3 Å². The molecule has 0 aliphatic carbocycles. The van der Waals surface area contributed by atoms with E-state index >= 15 is 0 Å². The van der Waals surface area contributed by atoms with Crippen molar-refractivity contribution >= 4 is 24.2 Å². The summed E-state index contributed by atoms with van der Waals surface area (Å²) >= 11 is 0. The molecule has 0 bridgehead atoms. The van der Waals surface area contributed by atoms with E-state index in [0.717, 1.165) is 0 Å². The van der Waals surface area contributed by atoms with Crippen molar-refractivity contribution in [2.75, 3.05) is 47.5 Å². The molecule has 0 radical (unpaired) electrons. The van der Waals surface area contributed by atoms with E-state index in [1.807, 2.05) is 6.92 Å². The number of methoxy groups -OCH3 is 3. The number of benzene rings is 1. The zero-order valence-corrected chi connectivity index (χ0v) is 17.7. The Morgan fingerprint density at radius 1 is 1.00 bits per heavy atom. The lowest BCUT2D eigenvalue weighted by Gasteiger charge is -2.35. The first-order valence-corrected chi connectivity index (χ1v) is 9.04. The van der Waals surface area contributed by atoms with Gasteiger partial charge in [0, 0.05) is 38.6 Å². The molecular formula is C19H30ClN3O5. The Labute approximate surface area is 172 Å². The standard InChI is InChI=1S/C19H29N3O5.ClH/c1-13(20)5-8-16(23)21-9-11-22(12-10-21)19(24)14-6-7-15(25-2)18(27-4)17(14)26-3;/h6-7,13H,5,8-12,20H2,1-4H3;1H. The number of carbonyl (C=O) groups excluding carboxylic acids is 2. The Balaban J connectivity index is 0.00000392. The topological polar surface area (TPSA) is 94.3 Å². The van der Waals surface area contributed by atoms with Crippen molar-refractivity contribution in [3.63, 3.8) is 0 Å². The molecule has 8 nitrogen and oxygen atoms in total. The van der Waals surface area contributed by atoms with Crippen LogP contribution in [0.15, 0.2) is 12.1 Å². The molecule has 28 heavy (non-hydrogen) atoms. The smallest absolute Gasteiger partial charge is 0.257 e. The summed E-state index contributed by atoms with van der Waals surface area (Å²) in [7, 11) is 4.52. The summed E-state index contributed by atoms with van der Waals surface area (Å²) in [6.45, 7) is 3.86. The summed E-state index contributed by atoms with van der Waals surface area (Å²) < 4.78 is 16.0. The van der Waals surface area contributed by atoms with Crippen LogP contribution in [0.3, 0.4) is 0 Å². The molecule has 1 saturated heterocycles. The van der Waals surface area contributed by atoms with Crippen LogP contribution in [0.5, 0.6) is 17.2 Å². The molecular weight excluding hydrogens is 386 g/mol. The molecule has 2 N–H and O–H groups in total. The normalized spacial score (nSPS) is 14.8. The monoisotopic (exact) mass is 415 g/mol. The van der Waals surface area contributed by atoms with Gasteiger partial charge in [0.2, 0.25) is 11.7 Å². The van der Waals surface area contributed by atoms with Crippen molar-refractivity contribution in [2.24, 2.45) is 5.73 Å². The second-order valence-corrected chi connectivity index (χ2v) is 6.57. The van der Waals surface area contributed by atoms with Gasteiger partial charge in [-0.25, -0.2) is 0 Å². The molecule has 1 unspecified atom stereocenters. The van der Waals surface area contributed by atoms with Crippen LogP contribution in [0.4, 0.5) is 0 Å². The summed E-state index contributed by atoms with van der Waals surface area (Å²) in [4.78, 5) is 28.7. The molecule has 0 saturated carbocycles. The summed E-state index contributed by atoms with van der Waals surface area (Å²) in [5, 5.41) is 0. The van der Waals surface area contributed by atoms with Crippen molar-refractivity contribution in [1.82, 2.24) is 9.80 Å². The second-order valence-electron chi connectivity index (χ2n) is 6.57. The van der Waals surface area contributed by atoms with Crippen molar-refractivity contribution in [1.29, 1.82) is 0 Å². The van der Waals surface area contributed by atoms with Crippen LogP contribution in [0.1, 0.15) is 30.1 Å². The van der Waals surface area contributed by atoms with Crippen LogP contribution in [0.2, 0.25) is 0 Å². The van der Waals surface area contributed by atoms with Gasteiger partial charge in [0.05, 0.1) is 26.9 Å². The minimum atomic E-state index is -0.157. The maximum Gasteiger partial charge on any atom is 0.257 e. The number of nitrogens with two attached hydrogens (primary N) is 1. The van der Waals surface area contributed by atoms with E-state index in [0.29, 0.717) is 61.8 Å². The highest BCUT2D eigenvalue weighted by Gasteiger charge is 2.28. The first-order chi connectivity index (χ1) is 12.9. The fraction of sp³-hybridized carbons (Fsp3) is 0.579. The third kappa shape index (κ3) is 5.42. The Morgan fingerprint density at radius 2 is 1.57 bits per heavy atom. The van der Waals surface area contributed by atoms with Crippen LogP contribution in [0, 0.1) is 0 Å². The average Bonchev–Trinajstić information content (AvgIpc) is 2.70. The number of amides is 2. The predicted octanol–water partition coefficient (Wildman–Crippen LogP) is 1.55. The number of carbonyl (C=O) groups is 2. The molecule has 2 amide bonds. The van der Waals surface area contributed by atoms with E-state index in [9.17, 15) is 9.59 Å². The lowest BCUT2D eigenvalue weighted by molar-refractivity contribution is -0.132. The van der Waals surface area contributed by atoms with Gasteiger partial charge in [-0.15, -0.1) is 12.4 Å². The Kier molecular flexibility index (Phi) is 9.34. The van der Waals surface area contributed by atoms with Crippen molar-refractivity contribution in [3.05, 3.63) is 17.7 Å². The van der Waals surface area contributed by atoms with E-state index in [1.165, 1.54) is 21.3 Å². The molecule has 1 heterocycles. The third-order valence-corrected chi connectivity index (χ3v) is 4.67. The first kappa shape index (κ1) is 23.8. The molecule has 1 atom stereocenters. The Hall–Kier alpha value is -2.19. The van der Waals surface area contributed by atoms with E-state index in [4.69, 9.17) is 19.9 Å². The maximum absolute atomic E-state index is 13.0. The third-order valence-electron chi connectivity index (χ3n) is 4.67. The summed E-state index contributed by atoms with van der Waals surface area (Å²) in [5.74, 6) is 1.15. The molecule has 1 aromatic carbocycles. The number of ether oxygens (including phenoxy) is 3. The van der Waals surface area contributed by atoms with Gasteiger partial charge < -0.3 is 29.7 Å². The molecule has 158 valence electrons. The molecule has 0 spiro atoms. The zero-order valence-electron chi connectivity index (χ0n) is 16.9. The van der Waals surface area contributed by atoms with Gasteiger partial charge in [-0.1, -0.05) is 0 Å². The van der Waals surface area contributed by atoms with Gasteiger partial charge in [-0.2, -0.15) is 0 Å². The largest absolute Gasteiger partial charge is 0.493 e. The summed E-state index contributed by atoms with van der Waals surface area (Å²) in [6.07, 6.45) is 1.11. The summed E-state index contributed by atoms with van der Waals surface area (Å²) in [5.41, 5.74) is 6.12. The molecule has 0 aromatic heterocycles. The number of halogens is 1. The molecule has 1 aliphatic heterocycles. The minimum Gasteiger partial charge on any atom is -0.493 e. The van der Waals surface area contributed by atoms with Crippen LogP contribution in [-0.4, -0.2) is 75.2 Å². The zero-order chi connectivity index (χ0) is 20.0. The average molecular weight is 416 g/mol. The van der Waals surface area contributed by atoms with Crippen LogP contribution >= 0.6 is 12.4 Å². The lowest BCUT2D eigenvalue weighted by Crippen LogP contribution is -2.50. The lowest BCUT2D eigenvalue weighted by atomic mass is 10.1. The molecule has 1 aromatic rings.